The lowest BCUT2D eigenvalue weighted by Crippen LogP contribution is -2.32. The van der Waals surface area contributed by atoms with E-state index in [-0.39, 0.29) is 12.0 Å². The third-order valence-electron chi connectivity index (χ3n) is 3.33. The minimum atomic E-state index is -0.141. The van der Waals surface area contributed by atoms with Gasteiger partial charge in [0.25, 0.3) is 5.91 Å². The van der Waals surface area contributed by atoms with Crippen molar-refractivity contribution in [3.8, 4) is 11.5 Å². The van der Waals surface area contributed by atoms with Crippen molar-refractivity contribution in [3.05, 3.63) is 23.8 Å². The summed E-state index contributed by atoms with van der Waals surface area (Å²) in [5, 5.41) is 2.89. The minimum absolute atomic E-state index is 0.139. The molecule has 3 rings (SSSR count). The van der Waals surface area contributed by atoms with Crippen LogP contribution in [0.5, 0.6) is 11.5 Å². The number of hydrogen-bond donors (Lipinski definition) is 1. The van der Waals surface area contributed by atoms with Crippen LogP contribution in [-0.4, -0.2) is 38.4 Å². The highest BCUT2D eigenvalue weighted by molar-refractivity contribution is 5.97. The van der Waals surface area contributed by atoms with Crippen LogP contribution in [0.4, 0.5) is 0 Å². The van der Waals surface area contributed by atoms with Gasteiger partial charge in [0, 0.05) is 13.2 Å². The first-order valence-electron chi connectivity index (χ1n) is 6.63. The molecule has 2 aliphatic heterocycles. The van der Waals surface area contributed by atoms with Gasteiger partial charge in [-0.3, -0.25) is 4.79 Å². The lowest BCUT2D eigenvalue weighted by molar-refractivity contribution is 0.0849. The molecular weight excluding hydrogens is 246 g/mol. The van der Waals surface area contributed by atoms with Gasteiger partial charge in [0.05, 0.1) is 11.7 Å². The van der Waals surface area contributed by atoms with Crippen LogP contribution in [0.2, 0.25) is 0 Å². The molecule has 1 atom stereocenters. The maximum Gasteiger partial charge on any atom is 0.255 e. The zero-order valence-corrected chi connectivity index (χ0v) is 10.7. The van der Waals surface area contributed by atoms with Crippen LogP contribution in [0.15, 0.2) is 18.2 Å². The highest BCUT2D eigenvalue weighted by Gasteiger charge is 2.22. The van der Waals surface area contributed by atoms with E-state index >= 15 is 0 Å². The predicted octanol–water partition coefficient (Wildman–Crippen LogP) is 1.37. The predicted molar refractivity (Wildman–Crippen MR) is 68.7 cm³/mol. The van der Waals surface area contributed by atoms with Gasteiger partial charge in [0.2, 0.25) is 0 Å². The van der Waals surface area contributed by atoms with Gasteiger partial charge in [0.1, 0.15) is 13.2 Å². The molecule has 1 aromatic rings. The molecule has 1 unspecified atom stereocenters. The molecule has 5 heteroatoms. The molecule has 0 saturated carbocycles. The minimum Gasteiger partial charge on any atom is -0.486 e. The fraction of sp³-hybridized carbons (Fsp3) is 0.500. The summed E-state index contributed by atoms with van der Waals surface area (Å²) in [6, 6.07) is 5.36. The first-order valence-corrected chi connectivity index (χ1v) is 6.63. The quantitative estimate of drug-likeness (QED) is 0.894. The summed E-state index contributed by atoms with van der Waals surface area (Å²) < 4.78 is 16.5. The molecule has 1 saturated heterocycles. The molecular formula is C14H17NO4. The maximum absolute atomic E-state index is 12.2. The van der Waals surface area contributed by atoms with Crippen LogP contribution in [0.1, 0.15) is 23.2 Å². The number of ether oxygens (including phenoxy) is 3. The molecule has 2 aliphatic rings. The van der Waals surface area contributed by atoms with Gasteiger partial charge in [-0.1, -0.05) is 6.07 Å². The molecule has 0 bridgehead atoms. The number of hydrogen-bond acceptors (Lipinski definition) is 4. The van der Waals surface area contributed by atoms with Crippen LogP contribution in [0.25, 0.3) is 0 Å². The molecule has 1 N–H and O–H groups in total. The Kier molecular flexibility index (Phi) is 3.55. The Morgan fingerprint density at radius 1 is 1.26 bits per heavy atom. The SMILES string of the molecule is O=C(NCC1CCCO1)c1cccc2c1OCCO2. The second-order valence-corrected chi connectivity index (χ2v) is 4.67. The average Bonchev–Trinajstić information content (AvgIpc) is 2.97. The van der Waals surface area contributed by atoms with E-state index in [1.807, 2.05) is 6.07 Å². The topological polar surface area (TPSA) is 56.8 Å². The van der Waals surface area contributed by atoms with Gasteiger partial charge < -0.3 is 19.5 Å². The second kappa shape index (κ2) is 5.48. The summed E-state index contributed by atoms with van der Waals surface area (Å²) >= 11 is 0. The number of nitrogens with one attached hydrogen (secondary N) is 1. The summed E-state index contributed by atoms with van der Waals surface area (Å²) in [5.41, 5.74) is 0.523. The molecule has 1 aromatic carbocycles. The number of amides is 1. The van der Waals surface area contributed by atoms with E-state index < -0.39 is 0 Å². The van der Waals surface area contributed by atoms with Crippen molar-refractivity contribution < 1.29 is 19.0 Å². The van der Waals surface area contributed by atoms with Crippen LogP contribution in [0, 0.1) is 0 Å². The van der Waals surface area contributed by atoms with Crippen molar-refractivity contribution >= 4 is 5.91 Å². The smallest absolute Gasteiger partial charge is 0.255 e. The summed E-state index contributed by atoms with van der Waals surface area (Å²) in [5.74, 6) is 1.03. The number of benzene rings is 1. The lowest BCUT2D eigenvalue weighted by Gasteiger charge is -2.20. The second-order valence-electron chi connectivity index (χ2n) is 4.67. The summed E-state index contributed by atoms with van der Waals surface area (Å²) in [4.78, 5) is 12.2. The van der Waals surface area contributed by atoms with Crippen LogP contribution in [-0.2, 0) is 4.74 Å². The molecule has 0 aromatic heterocycles. The van der Waals surface area contributed by atoms with E-state index in [2.05, 4.69) is 5.32 Å². The van der Waals surface area contributed by atoms with Gasteiger partial charge in [0.15, 0.2) is 11.5 Å². The first kappa shape index (κ1) is 12.3. The fourth-order valence-corrected chi connectivity index (χ4v) is 2.36. The van der Waals surface area contributed by atoms with E-state index in [1.165, 1.54) is 0 Å². The maximum atomic E-state index is 12.2. The zero-order valence-electron chi connectivity index (χ0n) is 10.7. The number of para-hydroxylation sites is 1. The van der Waals surface area contributed by atoms with Crippen LogP contribution < -0.4 is 14.8 Å². The van der Waals surface area contributed by atoms with Crippen molar-refractivity contribution in [2.75, 3.05) is 26.4 Å². The van der Waals surface area contributed by atoms with E-state index in [4.69, 9.17) is 14.2 Å². The molecule has 1 amide bonds. The van der Waals surface area contributed by atoms with Gasteiger partial charge in [-0.25, -0.2) is 0 Å². The number of rotatable bonds is 3. The van der Waals surface area contributed by atoms with Gasteiger partial charge in [-0.2, -0.15) is 0 Å². The zero-order chi connectivity index (χ0) is 13.1. The Morgan fingerprint density at radius 2 is 2.16 bits per heavy atom. The Morgan fingerprint density at radius 3 is 3.00 bits per heavy atom. The summed E-state index contributed by atoms with van der Waals surface area (Å²) in [6.07, 6.45) is 2.21. The van der Waals surface area contributed by atoms with Crippen molar-refractivity contribution in [2.24, 2.45) is 0 Å². The third kappa shape index (κ3) is 2.66. The van der Waals surface area contributed by atoms with Crippen molar-refractivity contribution in [2.45, 2.75) is 18.9 Å². The Labute approximate surface area is 111 Å². The summed E-state index contributed by atoms with van der Waals surface area (Å²) in [6.45, 7) is 2.33. The largest absolute Gasteiger partial charge is 0.486 e. The fourth-order valence-electron chi connectivity index (χ4n) is 2.36. The van der Waals surface area contributed by atoms with E-state index in [9.17, 15) is 4.79 Å². The average molecular weight is 263 g/mol. The van der Waals surface area contributed by atoms with Crippen LogP contribution in [0.3, 0.4) is 0 Å². The molecule has 1 fully saturated rings. The van der Waals surface area contributed by atoms with E-state index in [0.29, 0.717) is 36.8 Å². The van der Waals surface area contributed by atoms with Gasteiger partial charge in [-0.05, 0) is 25.0 Å². The van der Waals surface area contributed by atoms with E-state index in [0.717, 1.165) is 19.4 Å². The first-order chi connectivity index (χ1) is 9.34. The molecule has 5 nitrogen and oxygen atoms in total. The number of fused-ring (bicyclic) bond motifs is 1. The third-order valence-corrected chi connectivity index (χ3v) is 3.33. The Balaban J connectivity index is 1.68. The number of carbonyl (C=O) groups is 1. The molecule has 2 heterocycles. The van der Waals surface area contributed by atoms with Gasteiger partial charge >= 0.3 is 0 Å². The molecule has 0 aliphatic carbocycles. The Hall–Kier alpha value is -1.75. The monoisotopic (exact) mass is 263 g/mol. The molecule has 19 heavy (non-hydrogen) atoms. The molecule has 0 radical (unpaired) electrons. The number of carbonyl (C=O) groups excluding carboxylic acids is 1. The lowest BCUT2D eigenvalue weighted by atomic mass is 10.1. The molecule has 102 valence electrons. The Bertz CT molecular complexity index is 469. The van der Waals surface area contributed by atoms with Crippen molar-refractivity contribution in [3.63, 3.8) is 0 Å². The highest BCUT2D eigenvalue weighted by Crippen LogP contribution is 2.33. The standard InChI is InChI=1S/C14H17NO4/c16-14(15-9-10-3-2-6-17-10)11-4-1-5-12-13(11)19-8-7-18-12/h1,4-5,10H,2-3,6-9H2,(H,15,16). The van der Waals surface area contributed by atoms with E-state index in [1.54, 1.807) is 12.1 Å². The van der Waals surface area contributed by atoms with Crippen molar-refractivity contribution in [1.29, 1.82) is 0 Å². The van der Waals surface area contributed by atoms with Crippen LogP contribution >= 0.6 is 0 Å². The normalized spacial score (nSPS) is 21.2. The summed E-state index contributed by atoms with van der Waals surface area (Å²) in [7, 11) is 0. The highest BCUT2D eigenvalue weighted by atomic mass is 16.6. The van der Waals surface area contributed by atoms with Gasteiger partial charge in [-0.15, -0.1) is 0 Å². The van der Waals surface area contributed by atoms with Crippen molar-refractivity contribution in [1.82, 2.24) is 5.32 Å². The molecule has 0 spiro atoms.